The zero-order chi connectivity index (χ0) is 20.8. The largest absolute Gasteiger partial charge is 0.386 e. The van der Waals surface area contributed by atoms with E-state index < -0.39 is 22.0 Å². The first-order chi connectivity index (χ1) is 12.6. The Morgan fingerprint density at radius 3 is 2.04 bits per heavy atom. The number of carbonyl (C=O) groups excluding carboxylic acids is 1. The van der Waals surface area contributed by atoms with Crippen LogP contribution in [0, 0.1) is 0 Å². The SMILES string of the molecule is CCCCCCCCCCCC(=O)NCC[N+](C)(C)CC(O)CS(=O)(=O)O. The van der Waals surface area contributed by atoms with Crippen LogP contribution in [0.5, 0.6) is 0 Å². The summed E-state index contributed by atoms with van der Waals surface area (Å²) in [7, 11) is -0.489. The fourth-order valence-electron chi connectivity index (χ4n) is 3.14. The molecule has 0 aliphatic rings. The van der Waals surface area contributed by atoms with E-state index in [2.05, 4.69) is 12.2 Å². The number of aliphatic hydroxyl groups excluding tert-OH is 1. The van der Waals surface area contributed by atoms with Crippen molar-refractivity contribution >= 4 is 16.0 Å². The molecule has 0 saturated carbocycles. The van der Waals surface area contributed by atoms with Crippen molar-refractivity contribution in [1.82, 2.24) is 5.32 Å². The number of nitrogens with zero attached hydrogens (tertiary/aromatic N) is 1. The highest BCUT2D eigenvalue weighted by atomic mass is 32.2. The maximum absolute atomic E-state index is 11.9. The number of carbonyl (C=O) groups is 1. The molecule has 8 heteroatoms. The Labute approximate surface area is 165 Å². The van der Waals surface area contributed by atoms with Gasteiger partial charge in [-0.2, -0.15) is 8.42 Å². The highest BCUT2D eigenvalue weighted by molar-refractivity contribution is 7.85. The second kappa shape index (κ2) is 14.3. The van der Waals surface area contributed by atoms with E-state index in [1.54, 1.807) is 0 Å². The Hall–Kier alpha value is -0.700. The predicted octanol–water partition coefficient (Wildman–Crippen LogP) is 2.35. The monoisotopic (exact) mass is 409 g/mol. The highest BCUT2D eigenvalue weighted by Gasteiger charge is 2.24. The maximum Gasteiger partial charge on any atom is 0.267 e. The van der Waals surface area contributed by atoms with Crippen LogP contribution in [0.2, 0.25) is 0 Å². The molecule has 0 aliphatic heterocycles. The summed E-state index contributed by atoms with van der Waals surface area (Å²) >= 11 is 0. The lowest BCUT2D eigenvalue weighted by molar-refractivity contribution is -0.891. The molecule has 0 fully saturated rings. The minimum Gasteiger partial charge on any atom is -0.386 e. The number of rotatable bonds is 17. The lowest BCUT2D eigenvalue weighted by Gasteiger charge is -2.31. The molecule has 0 aromatic carbocycles. The van der Waals surface area contributed by atoms with Crippen LogP contribution in [-0.2, 0) is 14.9 Å². The van der Waals surface area contributed by atoms with E-state index in [1.807, 2.05) is 14.1 Å². The minimum absolute atomic E-state index is 0.0384. The summed E-state index contributed by atoms with van der Waals surface area (Å²) in [4.78, 5) is 11.9. The van der Waals surface area contributed by atoms with Gasteiger partial charge in [0.05, 0.1) is 27.2 Å². The number of likely N-dealkylation sites (N-methyl/N-ethyl adjacent to an activating group) is 1. The second-order valence-electron chi connectivity index (χ2n) is 8.17. The topological polar surface area (TPSA) is 104 Å². The molecule has 1 atom stereocenters. The molecule has 0 aromatic rings. The fourth-order valence-corrected chi connectivity index (χ4v) is 3.73. The van der Waals surface area contributed by atoms with E-state index in [9.17, 15) is 18.3 Å². The van der Waals surface area contributed by atoms with Gasteiger partial charge in [-0.1, -0.05) is 58.3 Å². The van der Waals surface area contributed by atoms with Gasteiger partial charge in [0, 0.05) is 6.42 Å². The van der Waals surface area contributed by atoms with Crippen LogP contribution in [-0.4, -0.2) is 74.1 Å². The highest BCUT2D eigenvalue weighted by Crippen LogP contribution is 2.10. The minimum atomic E-state index is -4.18. The normalized spacial score (nSPS) is 13.5. The molecule has 0 radical (unpaired) electrons. The molecule has 0 heterocycles. The zero-order valence-electron chi connectivity index (χ0n) is 17.5. The first-order valence-corrected chi connectivity index (χ1v) is 11.9. The summed E-state index contributed by atoms with van der Waals surface area (Å²) in [6.45, 7) is 3.46. The predicted molar refractivity (Wildman–Crippen MR) is 109 cm³/mol. The number of aliphatic hydroxyl groups is 1. The molecule has 1 unspecified atom stereocenters. The summed E-state index contributed by atoms with van der Waals surface area (Å²) in [6.07, 6.45) is 10.4. The number of unbranched alkanes of at least 4 members (excludes halogenated alkanes) is 8. The van der Waals surface area contributed by atoms with Gasteiger partial charge in [0.1, 0.15) is 18.4 Å². The van der Waals surface area contributed by atoms with Crippen LogP contribution in [0.1, 0.15) is 71.1 Å². The van der Waals surface area contributed by atoms with Crippen molar-refractivity contribution in [1.29, 1.82) is 0 Å². The molecule has 3 N–H and O–H groups in total. The molecule has 27 heavy (non-hydrogen) atoms. The van der Waals surface area contributed by atoms with Crippen molar-refractivity contribution in [3.63, 3.8) is 0 Å². The van der Waals surface area contributed by atoms with E-state index in [-0.39, 0.29) is 12.5 Å². The Kier molecular flexibility index (Phi) is 13.9. The molecular formula is C19H41N2O5S+. The van der Waals surface area contributed by atoms with E-state index in [0.29, 0.717) is 24.0 Å². The Morgan fingerprint density at radius 2 is 1.52 bits per heavy atom. The molecule has 7 nitrogen and oxygen atoms in total. The van der Waals surface area contributed by atoms with Crippen molar-refractivity contribution in [3.05, 3.63) is 0 Å². The first kappa shape index (κ1) is 26.3. The Bertz CT molecular complexity index is 494. The van der Waals surface area contributed by atoms with E-state index >= 15 is 0 Å². The summed E-state index contributed by atoms with van der Waals surface area (Å²) in [6, 6.07) is 0. The van der Waals surface area contributed by atoms with Crippen LogP contribution in [0.4, 0.5) is 0 Å². The summed E-state index contributed by atoms with van der Waals surface area (Å²) < 4.78 is 30.7. The van der Waals surface area contributed by atoms with Crippen LogP contribution in [0.3, 0.4) is 0 Å². The van der Waals surface area contributed by atoms with E-state index in [4.69, 9.17) is 4.55 Å². The third-order valence-electron chi connectivity index (χ3n) is 4.65. The van der Waals surface area contributed by atoms with Crippen LogP contribution < -0.4 is 5.32 Å². The van der Waals surface area contributed by atoms with Gasteiger partial charge in [-0.15, -0.1) is 0 Å². The molecule has 0 saturated heterocycles. The van der Waals surface area contributed by atoms with Gasteiger partial charge in [-0.3, -0.25) is 9.35 Å². The number of amides is 1. The van der Waals surface area contributed by atoms with Crippen molar-refractivity contribution in [2.45, 2.75) is 77.2 Å². The molecular weight excluding hydrogens is 368 g/mol. The molecule has 0 aliphatic carbocycles. The standard InChI is InChI=1S/C19H40N2O5S/c1-4-5-6-7-8-9-10-11-12-13-19(23)20-14-15-21(2,3)16-18(22)17-27(24,25)26/h18,22H,4-17H2,1-3H3,(H-,20,23,24,25,26)/p+1. The molecule has 0 spiro atoms. The van der Waals surface area contributed by atoms with Gasteiger partial charge in [-0.25, -0.2) is 0 Å². The average Bonchev–Trinajstić information content (AvgIpc) is 2.50. The molecule has 1 amide bonds. The lowest BCUT2D eigenvalue weighted by atomic mass is 10.1. The quantitative estimate of drug-likeness (QED) is 0.194. The number of quaternary nitrogens is 1. The Balaban J connectivity index is 3.71. The molecule has 0 rings (SSSR count). The van der Waals surface area contributed by atoms with Crippen molar-refractivity contribution < 1.29 is 27.4 Å². The van der Waals surface area contributed by atoms with Gasteiger partial charge in [0.15, 0.2) is 0 Å². The fraction of sp³-hybridized carbons (Fsp3) is 0.947. The summed E-state index contributed by atoms with van der Waals surface area (Å²) in [5.41, 5.74) is 0. The van der Waals surface area contributed by atoms with E-state index in [1.165, 1.54) is 44.9 Å². The molecule has 0 aromatic heterocycles. The Morgan fingerprint density at radius 1 is 1.00 bits per heavy atom. The van der Waals surface area contributed by atoms with E-state index in [0.717, 1.165) is 12.8 Å². The number of nitrogens with one attached hydrogen (secondary N) is 1. The maximum atomic E-state index is 11.9. The molecule has 0 bridgehead atoms. The van der Waals surface area contributed by atoms with Gasteiger partial charge in [0.25, 0.3) is 10.1 Å². The number of hydrogen-bond donors (Lipinski definition) is 3. The lowest BCUT2D eigenvalue weighted by Crippen LogP contribution is -2.50. The van der Waals surface area contributed by atoms with Gasteiger partial charge >= 0.3 is 0 Å². The van der Waals surface area contributed by atoms with Crippen molar-refractivity contribution in [2.75, 3.05) is 39.5 Å². The van der Waals surface area contributed by atoms with Crippen LogP contribution >= 0.6 is 0 Å². The van der Waals surface area contributed by atoms with Crippen molar-refractivity contribution in [2.24, 2.45) is 0 Å². The van der Waals surface area contributed by atoms with Crippen molar-refractivity contribution in [3.8, 4) is 0 Å². The van der Waals surface area contributed by atoms with Crippen LogP contribution in [0.15, 0.2) is 0 Å². The number of hydrogen-bond acceptors (Lipinski definition) is 4. The zero-order valence-corrected chi connectivity index (χ0v) is 18.3. The molecule has 162 valence electrons. The average molecular weight is 410 g/mol. The van der Waals surface area contributed by atoms with Gasteiger partial charge in [0.2, 0.25) is 5.91 Å². The van der Waals surface area contributed by atoms with Gasteiger partial charge < -0.3 is 14.9 Å². The third kappa shape index (κ3) is 18.4. The first-order valence-electron chi connectivity index (χ1n) is 10.3. The smallest absolute Gasteiger partial charge is 0.267 e. The van der Waals surface area contributed by atoms with Gasteiger partial charge in [-0.05, 0) is 6.42 Å². The third-order valence-corrected chi connectivity index (χ3v) is 5.46. The summed E-state index contributed by atoms with van der Waals surface area (Å²) in [5, 5.41) is 12.6. The second-order valence-corrected chi connectivity index (χ2v) is 9.67. The summed E-state index contributed by atoms with van der Waals surface area (Å²) in [5.74, 6) is -0.629. The van der Waals surface area contributed by atoms with Crippen LogP contribution in [0.25, 0.3) is 0 Å².